The number of hydrogen-bond donors (Lipinski definition) is 0. The Labute approximate surface area is 316 Å². The van der Waals surface area contributed by atoms with Gasteiger partial charge in [-0.25, -0.2) is 0 Å². The lowest BCUT2D eigenvalue weighted by Gasteiger charge is -2.29. The van der Waals surface area contributed by atoms with E-state index < -0.39 is 0 Å². The molecule has 4 heteroatoms. The number of benzene rings is 8. The summed E-state index contributed by atoms with van der Waals surface area (Å²) < 4.78 is 10.9. The molecule has 10 rings (SSSR count). The first kappa shape index (κ1) is 32.5. The monoisotopic (exact) mass is 700 g/mol. The van der Waals surface area contributed by atoms with E-state index in [1.807, 2.05) is 0 Å². The molecule has 0 atom stereocenters. The van der Waals surface area contributed by atoms with E-state index in [9.17, 15) is 0 Å². The molecule has 0 spiro atoms. The Morgan fingerprint density at radius 1 is 0.352 bits per heavy atom. The minimum absolute atomic E-state index is 0.489. The molecule has 8 aromatic carbocycles. The second-order valence-electron chi connectivity index (χ2n) is 14.4. The summed E-state index contributed by atoms with van der Waals surface area (Å²) in [7, 11) is 0. The molecule has 4 nitrogen and oxygen atoms in total. The van der Waals surface area contributed by atoms with Gasteiger partial charge < -0.3 is 19.3 Å². The van der Waals surface area contributed by atoms with Crippen LogP contribution in [0, 0.1) is 0 Å². The summed E-state index contributed by atoms with van der Waals surface area (Å²) in [4.78, 5) is 4.73. The molecule has 0 unspecified atom stereocenters. The van der Waals surface area contributed by atoms with Gasteiger partial charge in [-0.2, -0.15) is 0 Å². The van der Waals surface area contributed by atoms with E-state index >= 15 is 0 Å². The SMILES string of the molecule is c1ccc2cc(N(c3ccc(-c4ccc(N(c5ccc(C6COC6)cc5)c5cccc6ccccc56)cc4)cc3)c3ccc(C4COC4)cc3)ccc2c1. The average Bonchev–Trinajstić information content (AvgIpc) is 3.19. The van der Waals surface area contributed by atoms with Crippen molar-refractivity contribution in [1.82, 2.24) is 0 Å². The predicted octanol–water partition coefficient (Wildman–Crippen LogP) is 12.8. The van der Waals surface area contributed by atoms with Crippen LogP contribution in [0.25, 0.3) is 32.7 Å². The lowest BCUT2D eigenvalue weighted by Crippen LogP contribution is -2.25. The molecule has 0 aromatic heterocycles. The number of fused-ring (bicyclic) bond motifs is 2. The van der Waals surface area contributed by atoms with Crippen LogP contribution < -0.4 is 9.80 Å². The van der Waals surface area contributed by atoms with Gasteiger partial charge in [-0.3, -0.25) is 0 Å². The molecular weight excluding hydrogens is 661 g/mol. The highest BCUT2D eigenvalue weighted by atomic mass is 16.5. The largest absolute Gasteiger partial charge is 0.380 e. The zero-order valence-corrected chi connectivity index (χ0v) is 30.0. The second kappa shape index (κ2) is 14.0. The van der Waals surface area contributed by atoms with Crippen molar-refractivity contribution in [2.75, 3.05) is 36.2 Å². The fourth-order valence-corrected chi connectivity index (χ4v) is 7.85. The minimum Gasteiger partial charge on any atom is -0.380 e. The predicted molar refractivity (Wildman–Crippen MR) is 223 cm³/mol. The Bertz CT molecular complexity index is 2550. The summed E-state index contributed by atoms with van der Waals surface area (Å²) in [6.45, 7) is 3.22. The lowest BCUT2D eigenvalue weighted by atomic mass is 9.97. The van der Waals surface area contributed by atoms with Gasteiger partial charge in [-0.15, -0.1) is 0 Å². The third-order valence-corrected chi connectivity index (χ3v) is 11.1. The molecule has 8 aromatic rings. The Hall–Kier alpha value is -6.20. The molecule has 262 valence electrons. The van der Waals surface area contributed by atoms with Crippen molar-refractivity contribution in [2.24, 2.45) is 0 Å². The Kier molecular flexibility index (Phi) is 8.40. The molecule has 0 saturated carbocycles. The van der Waals surface area contributed by atoms with Crippen molar-refractivity contribution in [3.05, 3.63) is 193 Å². The molecule has 0 aliphatic carbocycles. The van der Waals surface area contributed by atoms with Crippen LogP contribution in [0.2, 0.25) is 0 Å². The molecule has 0 radical (unpaired) electrons. The summed E-state index contributed by atoms with van der Waals surface area (Å²) in [6, 6.07) is 66.4. The fourth-order valence-electron chi connectivity index (χ4n) is 7.85. The van der Waals surface area contributed by atoms with Crippen molar-refractivity contribution in [3.8, 4) is 11.1 Å². The zero-order valence-electron chi connectivity index (χ0n) is 30.0. The normalized spacial score (nSPS) is 14.4. The van der Waals surface area contributed by atoms with Crippen LogP contribution in [0.15, 0.2) is 182 Å². The van der Waals surface area contributed by atoms with Crippen LogP contribution in [0.3, 0.4) is 0 Å². The van der Waals surface area contributed by atoms with Gasteiger partial charge in [0.15, 0.2) is 0 Å². The number of rotatable bonds is 9. The quantitative estimate of drug-likeness (QED) is 0.150. The first-order valence-corrected chi connectivity index (χ1v) is 18.9. The van der Waals surface area contributed by atoms with E-state index in [2.05, 4.69) is 192 Å². The number of nitrogens with zero attached hydrogens (tertiary/aromatic N) is 2. The van der Waals surface area contributed by atoms with Crippen LogP contribution in [0.1, 0.15) is 23.0 Å². The van der Waals surface area contributed by atoms with Crippen molar-refractivity contribution < 1.29 is 9.47 Å². The Morgan fingerprint density at radius 3 is 1.33 bits per heavy atom. The molecule has 2 heterocycles. The van der Waals surface area contributed by atoms with Gasteiger partial charge in [0, 0.05) is 45.7 Å². The number of ether oxygens (including phenoxy) is 2. The third kappa shape index (κ3) is 6.10. The average molecular weight is 701 g/mol. The van der Waals surface area contributed by atoms with Gasteiger partial charge in [0.1, 0.15) is 0 Å². The molecule has 2 aliphatic heterocycles. The third-order valence-electron chi connectivity index (χ3n) is 11.1. The molecule has 2 fully saturated rings. The highest BCUT2D eigenvalue weighted by Crippen LogP contribution is 2.41. The fraction of sp³-hybridized carbons (Fsp3) is 0.120. The Morgan fingerprint density at radius 2 is 0.796 bits per heavy atom. The Balaban J connectivity index is 0.984. The van der Waals surface area contributed by atoms with Crippen molar-refractivity contribution >= 4 is 55.7 Å². The van der Waals surface area contributed by atoms with Gasteiger partial charge in [-0.05, 0) is 105 Å². The van der Waals surface area contributed by atoms with E-state index in [-0.39, 0.29) is 0 Å². The zero-order chi connectivity index (χ0) is 35.8. The molecular formula is C50H40N2O2. The summed E-state index contributed by atoms with van der Waals surface area (Å²) in [5.74, 6) is 0.981. The lowest BCUT2D eigenvalue weighted by molar-refractivity contribution is 0.00837. The van der Waals surface area contributed by atoms with E-state index in [0.29, 0.717) is 11.8 Å². The van der Waals surface area contributed by atoms with E-state index in [4.69, 9.17) is 9.47 Å². The van der Waals surface area contributed by atoms with Crippen LogP contribution in [0.5, 0.6) is 0 Å². The van der Waals surface area contributed by atoms with Gasteiger partial charge >= 0.3 is 0 Å². The molecule has 54 heavy (non-hydrogen) atoms. The van der Waals surface area contributed by atoms with Gasteiger partial charge in [0.2, 0.25) is 0 Å². The second-order valence-corrected chi connectivity index (χ2v) is 14.4. The van der Waals surface area contributed by atoms with Crippen LogP contribution in [0.4, 0.5) is 34.1 Å². The van der Waals surface area contributed by atoms with Gasteiger partial charge in [0.25, 0.3) is 0 Å². The van der Waals surface area contributed by atoms with Crippen LogP contribution in [-0.2, 0) is 9.47 Å². The smallest absolute Gasteiger partial charge is 0.0557 e. The highest BCUT2D eigenvalue weighted by molar-refractivity contribution is 5.99. The topological polar surface area (TPSA) is 24.9 Å². The van der Waals surface area contributed by atoms with Crippen molar-refractivity contribution in [2.45, 2.75) is 11.8 Å². The first-order valence-electron chi connectivity index (χ1n) is 18.9. The van der Waals surface area contributed by atoms with E-state index in [1.54, 1.807) is 0 Å². The van der Waals surface area contributed by atoms with E-state index in [1.165, 1.54) is 43.8 Å². The maximum Gasteiger partial charge on any atom is 0.0557 e. The standard InChI is InChI=1S/C50H40N2O2/c1-2-8-41-30-48(29-20-35(41)6-1)51(45-23-16-38(17-24-45)42-31-53-32-42)44-21-12-36(13-22-44)37-14-25-46(26-15-37)52(47-27-18-39(19-28-47)43-33-54-34-43)50-11-5-9-40-7-3-4-10-49(40)50/h1-30,42-43H,31-34H2. The molecule has 2 aliphatic rings. The summed E-state index contributed by atoms with van der Waals surface area (Å²) in [5, 5.41) is 4.90. The van der Waals surface area contributed by atoms with Gasteiger partial charge in [0.05, 0.1) is 32.1 Å². The molecule has 0 bridgehead atoms. The first-order chi connectivity index (χ1) is 26.7. The number of hydrogen-bond acceptors (Lipinski definition) is 4. The van der Waals surface area contributed by atoms with Crippen molar-refractivity contribution in [3.63, 3.8) is 0 Å². The highest BCUT2D eigenvalue weighted by Gasteiger charge is 2.23. The maximum absolute atomic E-state index is 5.47. The minimum atomic E-state index is 0.489. The van der Waals surface area contributed by atoms with Crippen LogP contribution in [-0.4, -0.2) is 26.4 Å². The summed E-state index contributed by atoms with van der Waals surface area (Å²) >= 11 is 0. The maximum atomic E-state index is 5.47. The summed E-state index contributed by atoms with van der Waals surface area (Å²) in [6.07, 6.45) is 0. The van der Waals surface area contributed by atoms with Crippen LogP contribution >= 0.6 is 0 Å². The molecule has 2 saturated heterocycles. The number of anilines is 6. The summed E-state index contributed by atoms with van der Waals surface area (Å²) in [5.41, 5.74) is 11.8. The van der Waals surface area contributed by atoms with Gasteiger partial charge in [-0.1, -0.05) is 115 Å². The molecule has 0 N–H and O–H groups in total. The molecule has 0 amide bonds. The van der Waals surface area contributed by atoms with Crippen molar-refractivity contribution in [1.29, 1.82) is 0 Å². The van der Waals surface area contributed by atoms with E-state index in [0.717, 1.165) is 60.6 Å².